The topological polar surface area (TPSA) is 43.1 Å². The SMILES string of the molecule is NC(=O)c1ccc(F)cc1C1Cc2ccccc2C1. The third-order valence-electron chi connectivity index (χ3n) is 3.77. The molecule has 0 bridgehead atoms. The van der Waals surface area contributed by atoms with Gasteiger partial charge < -0.3 is 5.73 Å². The van der Waals surface area contributed by atoms with Crippen LogP contribution in [0.1, 0.15) is 33.0 Å². The summed E-state index contributed by atoms with van der Waals surface area (Å²) in [4.78, 5) is 11.5. The predicted molar refractivity (Wildman–Crippen MR) is 71.5 cm³/mol. The zero-order valence-corrected chi connectivity index (χ0v) is 10.4. The molecule has 0 saturated carbocycles. The van der Waals surface area contributed by atoms with E-state index in [0.717, 1.165) is 18.4 Å². The maximum Gasteiger partial charge on any atom is 0.248 e. The molecule has 0 unspecified atom stereocenters. The van der Waals surface area contributed by atoms with Gasteiger partial charge in [0.25, 0.3) is 0 Å². The van der Waals surface area contributed by atoms with Gasteiger partial charge in [0.1, 0.15) is 5.82 Å². The van der Waals surface area contributed by atoms with E-state index in [1.54, 1.807) is 0 Å². The molecule has 2 aromatic carbocycles. The van der Waals surface area contributed by atoms with E-state index in [9.17, 15) is 9.18 Å². The van der Waals surface area contributed by atoms with Crippen LogP contribution in [-0.4, -0.2) is 5.91 Å². The second kappa shape index (κ2) is 4.50. The number of halogens is 1. The van der Waals surface area contributed by atoms with Crippen LogP contribution in [0.15, 0.2) is 42.5 Å². The van der Waals surface area contributed by atoms with Crippen LogP contribution >= 0.6 is 0 Å². The Kier molecular flexibility index (Phi) is 2.82. The van der Waals surface area contributed by atoms with E-state index in [0.29, 0.717) is 5.56 Å². The summed E-state index contributed by atoms with van der Waals surface area (Å²) in [5.74, 6) is -0.683. The molecule has 2 N–H and O–H groups in total. The van der Waals surface area contributed by atoms with Crippen molar-refractivity contribution < 1.29 is 9.18 Å². The lowest BCUT2D eigenvalue weighted by Crippen LogP contribution is -2.16. The largest absolute Gasteiger partial charge is 0.366 e. The second-order valence-electron chi connectivity index (χ2n) is 4.97. The molecule has 3 rings (SSSR count). The maximum atomic E-state index is 13.4. The Morgan fingerprint density at radius 2 is 1.74 bits per heavy atom. The van der Waals surface area contributed by atoms with Crippen LogP contribution in [0.2, 0.25) is 0 Å². The second-order valence-corrected chi connectivity index (χ2v) is 4.97. The first-order valence-corrected chi connectivity index (χ1v) is 6.31. The van der Waals surface area contributed by atoms with Gasteiger partial charge in [-0.3, -0.25) is 4.79 Å². The van der Waals surface area contributed by atoms with Crippen molar-refractivity contribution in [1.82, 2.24) is 0 Å². The Morgan fingerprint density at radius 1 is 1.11 bits per heavy atom. The minimum atomic E-state index is -0.494. The van der Waals surface area contributed by atoms with Gasteiger partial charge in [-0.25, -0.2) is 4.39 Å². The number of hydrogen-bond acceptors (Lipinski definition) is 1. The Bertz CT molecular complexity index is 626. The molecule has 0 spiro atoms. The molecule has 0 radical (unpaired) electrons. The first kappa shape index (κ1) is 11.9. The monoisotopic (exact) mass is 255 g/mol. The molecule has 0 saturated heterocycles. The number of benzene rings is 2. The number of hydrogen-bond donors (Lipinski definition) is 1. The maximum absolute atomic E-state index is 13.4. The van der Waals surface area contributed by atoms with Crippen LogP contribution in [0, 0.1) is 5.82 Å². The number of primary amides is 1. The molecule has 1 aliphatic carbocycles. The van der Waals surface area contributed by atoms with E-state index in [2.05, 4.69) is 12.1 Å². The third-order valence-corrected chi connectivity index (χ3v) is 3.77. The lowest BCUT2D eigenvalue weighted by atomic mass is 9.91. The summed E-state index contributed by atoms with van der Waals surface area (Å²) in [6, 6.07) is 12.4. The summed E-state index contributed by atoms with van der Waals surface area (Å²) in [7, 11) is 0. The van der Waals surface area contributed by atoms with Gasteiger partial charge in [0.15, 0.2) is 0 Å². The van der Waals surface area contributed by atoms with Crippen LogP contribution in [0.3, 0.4) is 0 Å². The molecule has 2 nitrogen and oxygen atoms in total. The Labute approximate surface area is 111 Å². The van der Waals surface area contributed by atoms with Crippen molar-refractivity contribution in [2.24, 2.45) is 5.73 Å². The van der Waals surface area contributed by atoms with E-state index in [1.165, 1.54) is 29.3 Å². The molecular formula is C16H14FNO. The summed E-state index contributed by atoms with van der Waals surface area (Å²) in [5, 5.41) is 0. The van der Waals surface area contributed by atoms with Gasteiger partial charge in [0.05, 0.1) is 0 Å². The van der Waals surface area contributed by atoms with Crippen LogP contribution < -0.4 is 5.73 Å². The lowest BCUT2D eigenvalue weighted by Gasteiger charge is -2.13. The molecule has 96 valence electrons. The van der Waals surface area contributed by atoms with E-state index in [1.807, 2.05) is 12.1 Å². The predicted octanol–water partition coefficient (Wildman–Crippen LogP) is 2.81. The normalized spacial score (nSPS) is 14.4. The van der Waals surface area contributed by atoms with Crippen LogP contribution in [0.4, 0.5) is 4.39 Å². The molecule has 3 heteroatoms. The molecular weight excluding hydrogens is 241 g/mol. The molecule has 0 aliphatic heterocycles. The van der Waals surface area contributed by atoms with Gasteiger partial charge in [-0.15, -0.1) is 0 Å². The highest BCUT2D eigenvalue weighted by atomic mass is 19.1. The average molecular weight is 255 g/mol. The average Bonchev–Trinajstić information content (AvgIpc) is 2.81. The van der Waals surface area contributed by atoms with Crippen LogP contribution in [0.5, 0.6) is 0 Å². The van der Waals surface area contributed by atoms with E-state index >= 15 is 0 Å². The molecule has 0 aromatic heterocycles. The van der Waals surface area contributed by atoms with Crippen molar-refractivity contribution >= 4 is 5.91 Å². The van der Waals surface area contributed by atoms with Crippen molar-refractivity contribution in [1.29, 1.82) is 0 Å². The quantitative estimate of drug-likeness (QED) is 0.881. The van der Waals surface area contributed by atoms with E-state index in [4.69, 9.17) is 5.73 Å². The Balaban J connectivity index is 2.01. The Hall–Kier alpha value is -2.16. The number of fused-ring (bicyclic) bond motifs is 1. The lowest BCUT2D eigenvalue weighted by molar-refractivity contribution is 0.0999. The molecule has 1 aliphatic rings. The van der Waals surface area contributed by atoms with E-state index in [-0.39, 0.29) is 11.7 Å². The highest BCUT2D eigenvalue weighted by molar-refractivity contribution is 5.94. The smallest absolute Gasteiger partial charge is 0.248 e. The first-order valence-electron chi connectivity index (χ1n) is 6.31. The highest BCUT2D eigenvalue weighted by Crippen LogP contribution is 2.35. The fourth-order valence-electron chi connectivity index (χ4n) is 2.87. The summed E-state index contributed by atoms with van der Waals surface area (Å²) in [6.45, 7) is 0. The fraction of sp³-hybridized carbons (Fsp3) is 0.188. The van der Waals surface area contributed by atoms with Crippen molar-refractivity contribution in [3.8, 4) is 0 Å². The number of carbonyl (C=O) groups excluding carboxylic acids is 1. The molecule has 2 aromatic rings. The van der Waals surface area contributed by atoms with Gasteiger partial charge in [0.2, 0.25) is 5.91 Å². The van der Waals surface area contributed by atoms with Gasteiger partial charge in [-0.05, 0) is 53.6 Å². The molecule has 0 heterocycles. The van der Waals surface area contributed by atoms with Crippen molar-refractivity contribution in [3.63, 3.8) is 0 Å². The third kappa shape index (κ3) is 2.12. The van der Waals surface area contributed by atoms with E-state index < -0.39 is 5.91 Å². The van der Waals surface area contributed by atoms with Crippen molar-refractivity contribution in [2.75, 3.05) is 0 Å². The minimum Gasteiger partial charge on any atom is -0.366 e. The standard InChI is InChI=1S/C16H14FNO/c17-13-5-6-14(16(18)19)15(9-13)12-7-10-3-1-2-4-11(10)8-12/h1-6,9,12H,7-8H2,(H2,18,19). The summed E-state index contributed by atoms with van der Waals surface area (Å²) in [5.41, 5.74) is 9.07. The molecule has 0 atom stereocenters. The van der Waals surface area contributed by atoms with Gasteiger partial charge in [-0.2, -0.15) is 0 Å². The number of amides is 1. The molecule has 19 heavy (non-hydrogen) atoms. The van der Waals surface area contributed by atoms with Crippen molar-refractivity contribution in [3.05, 3.63) is 70.5 Å². The zero-order valence-electron chi connectivity index (χ0n) is 10.4. The summed E-state index contributed by atoms with van der Waals surface area (Å²) < 4.78 is 13.4. The molecule has 0 fully saturated rings. The number of carbonyl (C=O) groups is 1. The molecule has 1 amide bonds. The van der Waals surface area contributed by atoms with Gasteiger partial charge >= 0.3 is 0 Å². The summed E-state index contributed by atoms with van der Waals surface area (Å²) >= 11 is 0. The van der Waals surface area contributed by atoms with Crippen LogP contribution in [0.25, 0.3) is 0 Å². The van der Waals surface area contributed by atoms with Gasteiger partial charge in [0, 0.05) is 5.56 Å². The van der Waals surface area contributed by atoms with Crippen molar-refractivity contribution in [2.45, 2.75) is 18.8 Å². The highest BCUT2D eigenvalue weighted by Gasteiger charge is 2.25. The minimum absolute atomic E-state index is 0.135. The van der Waals surface area contributed by atoms with Gasteiger partial charge in [-0.1, -0.05) is 24.3 Å². The fourth-order valence-corrected chi connectivity index (χ4v) is 2.87. The number of rotatable bonds is 2. The summed E-state index contributed by atoms with van der Waals surface area (Å²) in [6.07, 6.45) is 1.67. The number of nitrogens with two attached hydrogens (primary N) is 1. The van der Waals surface area contributed by atoms with Crippen LogP contribution in [-0.2, 0) is 12.8 Å². The Morgan fingerprint density at radius 3 is 2.32 bits per heavy atom. The zero-order chi connectivity index (χ0) is 13.4. The first-order chi connectivity index (χ1) is 9.15.